The van der Waals surface area contributed by atoms with Crippen LogP contribution in [0.3, 0.4) is 0 Å². The van der Waals surface area contributed by atoms with Crippen molar-refractivity contribution in [3.63, 3.8) is 0 Å². The van der Waals surface area contributed by atoms with Crippen LogP contribution in [0.2, 0.25) is 0 Å². The summed E-state index contributed by atoms with van der Waals surface area (Å²) in [5.41, 5.74) is 2.32. The summed E-state index contributed by atoms with van der Waals surface area (Å²) in [5.74, 6) is 3.62. The summed E-state index contributed by atoms with van der Waals surface area (Å²) >= 11 is 0. The standard InChI is InChI=1S/C27H46O2/c1-17(2)23(28)12-9-18(3)20-10-11-21-25-22(13-15-27(20,21)5)26(4)14-7-6-8-19(26)16-24(25)29/h16-18,20-25,28-29H,6-15H2,1-5H3/t18-,20-,21+,22+,23?,24?,25+,26+,27-/m1/s1. The highest BCUT2D eigenvalue weighted by Gasteiger charge is 2.60. The molecule has 0 aliphatic heterocycles. The van der Waals surface area contributed by atoms with Gasteiger partial charge in [-0.05, 0) is 104 Å². The fourth-order valence-electron chi connectivity index (χ4n) is 8.63. The number of hydrogen-bond donors (Lipinski definition) is 2. The molecule has 0 saturated heterocycles. The molecular formula is C27H46O2. The van der Waals surface area contributed by atoms with Crippen molar-refractivity contribution in [1.29, 1.82) is 0 Å². The van der Waals surface area contributed by atoms with Crippen molar-refractivity contribution in [2.75, 3.05) is 0 Å². The van der Waals surface area contributed by atoms with Gasteiger partial charge in [0.2, 0.25) is 0 Å². The van der Waals surface area contributed by atoms with E-state index in [9.17, 15) is 10.2 Å². The Balaban J connectivity index is 1.53. The monoisotopic (exact) mass is 402 g/mol. The zero-order valence-electron chi connectivity index (χ0n) is 19.7. The topological polar surface area (TPSA) is 40.5 Å². The molecule has 2 nitrogen and oxygen atoms in total. The van der Waals surface area contributed by atoms with E-state index in [1.807, 2.05) is 0 Å². The van der Waals surface area contributed by atoms with Crippen molar-refractivity contribution >= 4 is 0 Å². The maximum Gasteiger partial charge on any atom is 0.0757 e. The Kier molecular flexibility index (Phi) is 6.01. The average molecular weight is 403 g/mol. The predicted octanol–water partition coefficient (Wildman–Crippen LogP) is 6.36. The molecule has 29 heavy (non-hydrogen) atoms. The van der Waals surface area contributed by atoms with Gasteiger partial charge in [-0.3, -0.25) is 0 Å². The van der Waals surface area contributed by atoms with Gasteiger partial charge in [-0.2, -0.15) is 0 Å². The van der Waals surface area contributed by atoms with Gasteiger partial charge < -0.3 is 10.2 Å². The van der Waals surface area contributed by atoms with E-state index in [0.717, 1.165) is 18.8 Å². The minimum absolute atomic E-state index is 0.159. The van der Waals surface area contributed by atoms with Crippen LogP contribution in [0.5, 0.6) is 0 Å². The third kappa shape index (κ3) is 3.55. The quantitative estimate of drug-likeness (QED) is 0.525. The molecule has 0 amide bonds. The van der Waals surface area contributed by atoms with E-state index in [2.05, 4.69) is 40.7 Å². The van der Waals surface area contributed by atoms with Crippen LogP contribution in [-0.2, 0) is 0 Å². The summed E-state index contributed by atoms with van der Waals surface area (Å²) in [6, 6.07) is 0. The second-order valence-electron chi connectivity index (χ2n) is 12.2. The van der Waals surface area contributed by atoms with Crippen LogP contribution < -0.4 is 0 Å². The largest absolute Gasteiger partial charge is 0.393 e. The van der Waals surface area contributed by atoms with E-state index < -0.39 is 0 Å². The Labute approximate surface area is 179 Å². The highest BCUT2D eigenvalue weighted by atomic mass is 16.3. The SMILES string of the molecule is CC(C)C(O)CC[C@@H](C)[C@H]1CC[C@H]2[C@@H]3C(O)C=C4CCCC[C@]4(C)[C@H]3CC[C@]12C. The molecule has 2 unspecified atom stereocenters. The Morgan fingerprint density at radius 1 is 1.00 bits per heavy atom. The van der Waals surface area contributed by atoms with E-state index >= 15 is 0 Å². The van der Waals surface area contributed by atoms with Gasteiger partial charge >= 0.3 is 0 Å². The molecule has 9 atom stereocenters. The highest BCUT2D eigenvalue weighted by molar-refractivity contribution is 5.27. The van der Waals surface area contributed by atoms with E-state index in [0.29, 0.717) is 40.4 Å². The molecule has 4 aliphatic rings. The Bertz CT molecular complexity index is 624. The summed E-state index contributed by atoms with van der Waals surface area (Å²) in [4.78, 5) is 0. The first-order valence-electron chi connectivity index (χ1n) is 12.8. The van der Waals surface area contributed by atoms with Crippen LogP contribution in [-0.4, -0.2) is 22.4 Å². The minimum Gasteiger partial charge on any atom is -0.393 e. The van der Waals surface area contributed by atoms with E-state index in [-0.39, 0.29) is 12.2 Å². The Morgan fingerprint density at radius 2 is 1.76 bits per heavy atom. The summed E-state index contributed by atoms with van der Waals surface area (Å²) in [7, 11) is 0. The zero-order chi connectivity index (χ0) is 21.0. The first-order chi connectivity index (χ1) is 13.7. The first kappa shape index (κ1) is 21.9. The number of hydrogen-bond acceptors (Lipinski definition) is 2. The van der Waals surface area contributed by atoms with Gasteiger partial charge in [0, 0.05) is 0 Å². The number of allylic oxidation sites excluding steroid dienone is 1. The lowest BCUT2D eigenvalue weighted by Gasteiger charge is -2.59. The molecule has 4 rings (SSSR count). The van der Waals surface area contributed by atoms with Crippen molar-refractivity contribution in [1.82, 2.24) is 0 Å². The third-order valence-electron chi connectivity index (χ3n) is 10.5. The summed E-state index contributed by atoms with van der Waals surface area (Å²) in [6.45, 7) is 11.8. The first-order valence-corrected chi connectivity index (χ1v) is 12.8. The van der Waals surface area contributed by atoms with Gasteiger partial charge in [-0.1, -0.05) is 52.7 Å². The highest BCUT2D eigenvalue weighted by Crippen LogP contribution is 2.67. The van der Waals surface area contributed by atoms with Crippen LogP contribution in [0.1, 0.15) is 98.8 Å². The van der Waals surface area contributed by atoms with E-state index in [1.165, 1.54) is 51.4 Å². The normalized spacial score (nSPS) is 46.5. The van der Waals surface area contributed by atoms with Gasteiger partial charge in [-0.15, -0.1) is 0 Å². The van der Waals surface area contributed by atoms with Gasteiger partial charge in [0.1, 0.15) is 0 Å². The average Bonchev–Trinajstić information content (AvgIpc) is 3.03. The summed E-state index contributed by atoms with van der Waals surface area (Å²) in [6.07, 6.45) is 14.5. The molecule has 3 fully saturated rings. The van der Waals surface area contributed by atoms with E-state index in [4.69, 9.17) is 0 Å². The molecule has 166 valence electrons. The molecule has 0 radical (unpaired) electrons. The number of aliphatic hydroxyl groups is 2. The van der Waals surface area contributed by atoms with Crippen LogP contribution >= 0.6 is 0 Å². The Morgan fingerprint density at radius 3 is 2.48 bits per heavy atom. The fourth-order valence-corrected chi connectivity index (χ4v) is 8.63. The van der Waals surface area contributed by atoms with Crippen molar-refractivity contribution < 1.29 is 10.2 Å². The molecule has 2 heteroatoms. The molecule has 3 saturated carbocycles. The van der Waals surface area contributed by atoms with Crippen molar-refractivity contribution in [3.8, 4) is 0 Å². The summed E-state index contributed by atoms with van der Waals surface area (Å²) < 4.78 is 0. The molecule has 2 N–H and O–H groups in total. The van der Waals surface area contributed by atoms with Crippen molar-refractivity contribution in [3.05, 3.63) is 11.6 Å². The van der Waals surface area contributed by atoms with Gasteiger partial charge in [0.15, 0.2) is 0 Å². The van der Waals surface area contributed by atoms with Crippen molar-refractivity contribution in [2.45, 2.75) is 111 Å². The lowest BCUT2D eigenvalue weighted by molar-refractivity contribution is -0.0925. The Hall–Kier alpha value is -0.340. The molecule has 0 aromatic carbocycles. The lowest BCUT2D eigenvalue weighted by atomic mass is 9.46. The fraction of sp³-hybridized carbons (Fsp3) is 0.926. The molecule has 0 aromatic heterocycles. The van der Waals surface area contributed by atoms with Crippen LogP contribution in [0, 0.1) is 46.3 Å². The second kappa shape index (κ2) is 7.97. The molecule has 4 aliphatic carbocycles. The summed E-state index contributed by atoms with van der Waals surface area (Å²) in [5, 5.41) is 21.6. The lowest BCUT2D eigenvalue weighted by Crippen LogP contribution is -2.54. The minimum atomic E-state index is -0.220. The molecule has 0 bridgehead atoms. The predicted molar refractivity (Wildman–Crippen MR) is 120 cm³/mol. The molecule has 0 heterocycles. The number of aliphatic hydroxyl groups excluding tert-OH is 2. The third-order valence-corrected chi connectivity index (χ3v) is 10.5. The molecule has 0 spiro atoms. The smallest absolute Gasteiger partial charge is 0.0757 e. The maximum absolute atomic E-state index is 11.3. The van der Waals surface area contributed by atoms with Crippen LogP contribution in [0.15, 0.2) is 11.6 Å². The van der Waals surface area contributed by atoms with Crippen LogP contribution in [0.25, 0.3) is 0 Å². The van der Waals surface area contributed by atoms with E-state index in [1.54, 1.807) is 5.57 Å². The van der Waals surface area contributed by atoms with Crippen molar-refractivity contribution in [2.24, 2.45) is 46.3 Å². The zero-order valence-corrected chi connectivity index (χ0v) is 19.7. The maximum atomic E-state index is 11.3. The number of fused-ring (bicyclic) bond motifs is 5. The number of rotatable bonds is 5. The van der Waals surface area contributed by atoms with Gasteiger partial charge in [0.05, 0.1) is 12.2 Å². The molecular weight excluding hydrogens is 356 g/mol. The van der Waals surface area contributed by atoms with Gasteiger partial charge in [0.25, 0.3) is 0 Å². The second-order valence-corrected chi connectivity index (χ2v) is 12.2. The van der Waals surface area contributed by atoms with Gasteiger partial charge in [-0.25, -0.2) is 0 Å². The molecule has 0 aromatic rings. The van der Waals surface area contributed by atoms with Crippen LogP contribution in [0.4, 0.5) is 0 Å².